The molecule has 1 atom stereocenters. The zero-order chi connectivity index (χ0) is 17.3. The van der Waals surface area contributed by atoms with Crippen LogP contribution in [0.4, 0.5) is 4.39 Å². The molecule has 3 nitrogen and oxygen atoms in total. The molecule has 24 heavy (non-hydrogen) atoms. The third kappa shape index (κ3) is 3.32. The minimum atomic E-state index is -0.395. The fourth-order valence-corrected chi connectivity index (χ4v) is 3.04. The molecule has 0 aliphatic carbocycles. The van der Waals surface area contributed by atoms with Gasteiger partial charge < -0.3 is 10.6 Å². The van der Waals surface area contributed by atoms with Gasteiger partial charge in [0.1, 0.15) is 5.82 Å². The maximum atomic E-state index is 13.2. The van der Waals surface area contributed by atoms with Crippen LogP contribution >= 0.6 is 23.8 Å². The van der Waals surface area contributed by atoms with Crippen LogP contribution in [0.2, 0.25) is 5.02 Å². The van der Waals surface area contributed by atoms with Crippen LogP contribution in [-0.4, -0.2) is 10.9 Å². The van der Waals surface area contributed by atoms with Gasteiger partial charge in [-0.3, -0.25) is 4.79 Å². The number of benzene rings is 2. The van der Waals surface area contributed by atoms with Gasteiger partial charge in [-0.15, -0.1) is 0 Å². The Bertz CT molecular complexity index is 831. The molecule has 0 radical (unpaired) electrons. The monoisotopic (exact) mass is 360 g/mol. The van der Waals surface area contributed by atoms with Crippen molar-refractivity contribution in [1.82, 2.24) is 10.6 Å². The Morgan fingerprint density at radius 2 is 1.75 bits per heavy atom. The second-order valence-corrected chi connectivity index (χ2v) is 6.28. The highest BCUT2D eigenvalue weighted by Gasteiger charge is 2.30. The first-order valence-corrected chi connectivity index (χ1v) is 8.08. The minimum Gasteiger partial charge on any atom is -0.351 e. The van der Waals surface area contributed by atoms with Gasteiger partial charge in [-0.1, -0.05) is 23.7 Å². The summed E-state index contributed by atoms with van der Waals surface area (Å²) in [5, 5.41) is 7.16. The molecule has 0 unspecified atom stereocenters. The molecule has 0 aromatic heterocycles. The van der Waals surface area contributed by atoms with Gasteiger partial charge in [-0.05, 0) is 66.7 Å². The van der Waals surface area contributed by atoms with Crippen LogP contribution in [0.1, 0.15) is 24.1 Å². The number of halogens is 2. The zero-order valence-corrected chi connectivity index (χ0v) is 14.3. The van der Waals surface area contributed by atoms with Gasteiger partial charge in [0.05, 0.1) is 11.7 Å². The van der Waals surface area contributed by atoms with Crippen molar-refractivity contribution in [3.8, 4) is 0 Å². The van der Waals surface area contributed by atoms with Crippen LogP contribution in [-0.2, 0) is 4.79 Å². The third-order valence-electron chi connectivity index (χ3n) is 3.79. The summed E-state index contributed by atoms with van der Waals surface area (Å²) in [5.41, 5.74) is 2.70. The molecule has 3 rings (SSSR count). The fourth-order valence-electron chi connectivity index (χ4n) is 2.69. The molecule has 1 aliphatic rings. The molecule has 0 saturated heterocycles. The first-order chi connectivity index (χ1) is 11.5. The molecule has 1 aliphatic heterocycles. The molecule has 122 valence electrons. The van der Waals surface area contributed by atoms with E-state index in [1.807, 2.05) is 12.1 Å². The summed E-state index contributed by atoms with van der Waals surface area (Å²) in [7, 11) is 0. The van der Waals surface area contributed by atoms with E-state index in [0.717, 1.165) is 5.56 Å². The standard InChI is InChI=1S/C18H14ClFN2OS/c1-10(23)15-16(11-2-6-13(19)7-3-11)21-18(24)22-17(15)12-4-8-14(20)9-5-12/h2-9,16H,1H3,(H2,21,22,24)/t16-/m1/s1. The first kappa shape index (κ1) is 16.6. The summed E-state index contributed by atoms with van der Waals surface area (Å²) < 4.78 is 13.2. The van der Waals surface area contributed by atoms with Crippen LogP contribution in [0.3, 0.4) is 0 Å². The summed E-state index contributed by atoms with van der Waals surface area (Å²) in [6, 6.07) is 12.8. The van der Waals surface area contributed by atoms with Gasteiger partial charge in [-0.25, -0.2) is 4.39 Å². The lowest BCUT2D eigenvalue weighted by molar-refractivity contribution is -0.113. The van der Waals surface area contributed by atoms with E-state index in [0.29, 0.717) is 27.0 Å². The number of carbonyl (C=O) groups is 1. The van der Waals surface area contributed by atoms with Crippen LogP contribution in [0.15, 0.2) is 54.1 Å². The number of ketones is 1. The predicted molar refractivity (Wildman–Crippen MR) is 97.1 cm³/mol. The number of carbonyl (C=O) groups excluding carboxylic acids is 1. The molecule has 2 aromatic carbocycles. The van der Waals surface area contributed by atoms with Gasteiger partial charge in [0.2, 0.25) is 0 Å². The predicted octanol–water partition coefficient (Wildman–Crippen LogP) is 4.00. The number of rotatable bonds is 3. The molecule has 0 fully saturated rings. The highest BCUT2D eigenvalue weighted by molar-refractivity contribution is 7.80. The van der Waals surface area contributed by atoms with E-state index in [2.05, 4.69) is 10.6 Å². The van der Waals surface area contributed by atoms with Crippen LogP contribution in [0.5, 0.6) is 0 Å². The van der Waals surface area contributed by atoms with Crippen LogP contribution < -0.4 is 10.6 Å². The van der Waals surface area contributed by atoms with E-state index < -0.39 is 6.04 Å². The second-order valence-electron chi connectivity index (χ2n) is 5.43. The molecule has 0 saturated carbocycles. The molecular weight excluding hydrogens is 347 g/mol. The Morgan fingerprint density at radius 3 is 2.33 bits per heavy atom. The van der Waals surface area contributed by atoms with Gasteiger partial charge >= 0.3 is 0 Å². The Morgan fingerprint density at radius 1 is 1.12 bits per heavy atom. The number of hydrogen-bond acceptors (Lipinski definition) is 2. The average Bonchev–Trinajstić information content (AvgIpc) is 2.55. The Kier molecular flexibility index (Phi) is 4.64. The van der Waals surface area contributed by atoms with Crippen molar-refractivity contribution >= 4 is 40.4 Å². The van der Waals surface area contributed by atoms with Crippen molar-refractivity contribution < 1.29 is 9.18 Å². The Hall–Kier alpha value is -2.24. The molecule has 0 spiro atoms. The molecule has 0 amide bonds. The van der Waals surface area contributed by atoms with E-state index >= 15 is 0 Å². The number of thiocarbonyl (C=S) groups is 1. The van der Waals surface area contributed by atoms with E-state index in [1.54, 1.807) is 24.3 Å². The van der Waals surface area contributed by atoms with Crippen molar-refractivity contribution in [2.45, 2.75) is 13.0 Å². The largest absolute Gasteiger partial charge is 0.351 e. The summed E-state index contributed by atoms with van der Waals surface area (Å²) >= 11 is 11.2. The maximum Gasteiger partial charge on any atom is 0.171 e. The third-order valence-corrected chi connectivity index (χ3v) is 4.26. The SMILES string of the molecule is CC(=O)C1=C(c2ccc(F)cc2)NC(=S)N[C@@H]1c1ccc(Cl)cc1. The zero-order valence-electron chi connectivity index (χ0n) is 12.8. The lowest BCUT2D eigenvalue weighted by Gasteiger charge is -2.31. The number of hydrogen-bond donors (Lipinski definition) is 2. The molecule has 0 bridgehead atoms. The van der Waals surface area contributed by atoms with E-state index in [4.69, 9.17) is 23.8 Å². The number of Topliss-reactive ketones (excluding diaryl/α,β-unsaturated/α-hetero) is 1. The average molecular weight is 361 g/mol. The van der Waals surface area contributed by atoms with Gasteiger partial charge in [0.15, 0.2) is 10.9 Å². The van der Waals surface area contributed by atoms with Gasteiger partial charge in [-0.2, -0.15) is 0 Å². The minimum absolute atomic E-state index is 0.100. The fraction of sp³-hybridized carbons (Fsp3) is 0.111. The molecule has 6 heteroatoms. The highest BCUT2D eigenvalue weighted by atomic mass is 35.5. The smallest absolute Gasteiger partial charge is 0.171 e. The summed E-state index contributed by atoms with van der Waals surface area (Å²) in [4.78, 5) is 12.3. The maximum absolute atomic E-state index is 13.2. The lowest BCUT2D eigenvalue weighted by Crippen LogP contribution is -2.44. The molecule has 1 heterocycles. The number of nitrogens with one attached hydrogen (secondary N) is 2. The van der Waals surface area contributed by atoms with Crippen molar-refractivity contribution in [1.29, 1.82) is 0 Å². The second kappa shape index (κ2) is 6.71. The Balaban J connectivity index is 2.15. The van der Waals surface area contributed by atoms with Gasteiger partial charge in [0.25, 0.3) is 0 Å². The van der Waals surface area contributed by atoms with Crippen LogP contribution in [0, 0.1) is 5.82 Å². The van der Waals surface area contributed by atoms with Crippen molar-refractivity contribution in [3.05, 3.63) is 76.1 Å². The van der Waals surface area contributed by atoms with Crippen molar-refractivity contribution in [3.63, 3.8) is 0 Å². The van der Waals surface area contributed by atoms with E-state index in [-0.39, 0.29) is 11.6 Å². The van der Waals surface area contributed by atoms with Crippen LogP contribution in [0.25, 0.3) is 5.70 Å². The normalized spacial score (nSPS) is 17.3. The lowest BCUT2D eigenvalue weighted by atomic mass is 9.90. The molecule has 2 aromatic rings. The van der Waals surface area contributed by atoms with Crippen molar-refractivity contribution in [2.24, 2.45) is 0 Å². The molecule has 2 N–H and O–H groups in total. The Labute approximate surface area is 149 Å². The van der Waals surface area contributed by atoms with Crippen molar-refractivity contribution in [2.75, 3.05) is 0 Å². The summed E-state index contributed by atoms with van der Waals surface area (Å²) in [6.07, 6.45) is 0. The molecular formula is C18H14ClFN2OS. The highest BCUT2D eigenvalue weighted by Crippen LogP contribution is 2.32. The van der Waals surface area contributed by atoms with E-state index in [1.165, 1.54) is 19.1 Å². The van der Waals surface area contributed by atoms with Gasteiger partial charge in [0, 0.05) is 10.6 Å². The quantitative estimate of drug-likeness (QED) is 0.812. The topological polar surface area (TPSA) is 41.1 Å². The van der Waals surface area contributed by atoms with E-state index in [9.17, 15) is 9.18 Å². The first-order valence-electron chi connectivity index (χ1n) is 7.29. The summed E-state index contributed by atoms with van der Waals surface area (Å²) in [6.45, 7) is 1.50. The summed E-state index contributed by atoms with van der Waals surface area (Å²) in [5.74, 6) is -0.439.